The van der Waals surface area contributed by atoms with Crippen molar-refractivity contribution < 1.29 is 18.8 Å². The molecule has 2 aliphatic heterocycles. The second-order valence-electron chi connectivity index (χ2n) is 7.63. The third kappa shape index (κ3) is 5.43. The summed E-state index contributed by atoms with van der Waals surface area (Å²) in [7, 11) is 0. The molecule has 8 heteroatoms. The summed E-state index contributed by atoms with van der Waals surface area (Å²) in [6.45, 7) is 3.22. The van der Waals surface area contributed by atoms with Crippen LogP contribution < -0.4 is 0 Å². The van der Waals surface area contributed by atoms with Crippen LogP contribution >= 0.6 is 23.5 Å². The van der Waals surface area contributed by atoms with Crippen LogP contribution in [0.2, 0.25) is 0 Å². The first-order chi connectivity index (χ1) is 15.0. The first kappa shape index (κ1) is 21.8. The number of hydrogen-bond acceptors (Lipinski definition) is 6. The number of thioether (sulfide) groups is 1. The van der Waals surface area contributed by atoms with Gasteiger partial charge in [0.25, 0.3) is 11.1 Å². The van der Waals surface area contributed by atoms with Crippen LogP contribution in [-0.4, -0.2) is 46.5 Å². The van der Waals surface area contributed by atoms with Crippen molar-refractivity contribution in [1.82, 2.24) is 9.80 Å². The molecule has 2 aliphatic rings. The van der Waals surface area contributed by atoms with E-state index in [9.17, 15) is 14.4 Å². The monoisotopic (exact) mass is 456 g/mol. The van der Waals surface area contributed by atoms with Crippen LogP contribution in [0.5, 0.6) is 0 Å². The van der Waals surface area contributed by atoms with Crippen LogP contribution in [0, 0.1) is 6.92 Å². The van der Waals surface area contributed by atoms with Gasteiger partial charge in [0.05, 0.1) is 4.91 Å². The summed E-state index contributed by atoms with van der Waals surface area (Å²) in [6.07, 6.45) is 5.73. The number of hydrogen-bond donors (Lipinski definition) is 0. The Hall–Kier alpha value is -2.45. The van der Waals surface area contributed by atoms with E-state index in [1.807, 2.05) is 37.3 Å². The van der Waals surface area contributed by atoms with Crippen molar-refractivity contribution in [2.24, 2.45) is 0 Å². The Kier molecular flexibility index (Phi) is 6.87. The van der Waals surface area contributed by atoms with Gasteiger partial charge in [-0.3, -0.25) is 19.3 Å². The molecule has 1 aromatic heterocycles. The van der Waals surface area contributed by atoms with Gasteiger partial charge in [-0.1, -0.05) is 42.3 Å². The van der Waals surface area contributed by atoms with Gasteiger partial charge < -0.3 is 9.32 Å². The number of aryl methyl sites for hydroxylation is 1. The highest BCUT2D eigenvalue weighted by Gasteiger charge is 2.37. The summed E-state index contributed by atoms with van der Waals surface area (Å²) in [5, 5.41) is 0.283. The fourth-order valence-corrected chi connectivity index (χ4v) is 5.11. The fourth-order valence-electron chi connectivity index (χ4n) is 3.51. The van der Waals surface area contributed by atoms with Crippen molar-refractivity contribution >= 4 is 46.7 Å². The molecule has 3 amide bonds. The highest BCUT2D eigenvalue weighted by molar-refractivity contribution is 8.18. The van der Waals surface area contributed by atoms with Gasteiger partial charge in [0.2, 0.25) is 5.91 Å². The maximum atomic E-state index is 12.7. The van der Waals surface area contributed by atoms with Gasteiger partial charge >= 0.3 is 0 Å². The second kappa shape index (κ2) is 9.78. The fraction of sp³-hybridized carbons (Fsp3) is 0.348. The molecule has 2 fully saturated rings. The van der Waals surface area contributed by atoms with Gasteiger partial charge in [0.1, 0.15) is 12.3 Å². The van der Waals surface area contributed by atoms with Gasteiger partial charge in [-0.15, -0.1) is 0 Å². The molecule has 4 rings (SSSR count). The molecule has 162 valence electrons. The SMILES string of the molecule is Cc1ccc(Sc2ccc(C=C3SC(=O)N(CC(=O)N4CCCCCC4)C3=O)o2)cc1. The lowest BCUT2D eigenvalue weighted by molar-refractivity contribution is -0.135. The Bertz CT molecular complexity index is 1000. The number of imide groups is 1. The topological polar surface area (TPSA) is 70.8 Å². The minimum Gasteiger partial charge on any atom is -0.450 e. The molecule has 2 aromatic rings. The van der Waals surface area contributed by atoms with E-state index < -0.39 is 11.1 Å². The number of furan rings is 1. The zero-order chi connectivity index (χ0) is 21.8. The molecule has 3 heterocycles. The predicted octanol–water partition coefficient (Wildman–Crippen LogP) is 5.18. The van der Waals surface area contributed by atoms with E-state index in [0.29, 0.717) is 23.9 Å². The Balaban J connectivity index is 1.40. The van der Waals surface area contributed by atoms with E-state index in [0.717, 1.165) is 47.2 Å². The summed E-state index contributed by atoms with van der Waals surface area (Å²) < 4.78 is 5.80. The van der Waals surface area contributed by atoms with Crippen LogP contribution in [0.1, 0.15) is 37.0 Å². The summed E-state index contributed by atoms with van der Waals surface area (Å²) in [4.78, 5) is 41.8. The second-order valence-corrected chi connectivity index (χ2v) is 9.71. The number of amides is 3. The number of nitrogens with zero attached hydrogens (tertiary/aromatic N) is 2. The number of carbonyl (C=O) groups excluding carboxylic acids is 3. The number of rotatable bonds is 5. The molecule has 6 nitrogen and oxygen atoms in total. The Morgan fingerprint density at radius 1 is 1.06 bits per heavy atom. The average Bonchev–Trinajstić information content (AvgIpc) is 3.15. The molecule has 2 saturated heterocycles. The lowest BCUT2D eigenvalue weighted by Gasteiger charge is -2.22. The molecule has 0 radical (unpaired) electrons. The normalized spacial score (nSPS) is 18.7. The van der Waals surface area contributed by atoms with E-state index in [2.05, 4.69) is 0 Å². The Labute approximate surface area is 190 Å². The number of carbonyl (C=O) groups is 3. The van der Waals surface area contributed by atoms with E-state index in [1.165, 1.54) is 17.3 Å². The highest BCUT2D eigenvalue weighted by atomic mass is 32.2. The molecule has 0 spiro atoms. The summed E-state index contributed by atoms with van der Waals surface area (Å²) >= 11 is 2.33. The molecule has 0 unspecified atom stereocenters. The van der Waals surface area contributed by atoms with Crippen LogP contribution in [-0.2, 0) is 9.59 Å². The third-order valence-corrected chi connectivity index (χ3v) is 7.08. The molecular formula is C23H24N2O4S2. The lowest BCUT2D eigenvalue weighted by atomic mass is 10.2. The molecule has 31 heavy (non-hydrogen) atoms. The molecule has 1 aromatic carbocycles. The smallest absolute Gasteiger partial charge is 0.294 e. The van der Waals surface area contributed by atoms with E-state index in [-0.39, 0.29) is 17.4 Å². The van der Waals surface area contributed by atoms with Gasteiger partial charge in [-0.05, 0) is 55.8 Å². The summed E-state index contributed by atoms with van der Waals surface area (Å²) in [5.74, 6) is -0.110. The third-order valence-electron chi connectivity index (χ3n) is 5.24. The van der Waals surface area contributed by atoms with Gasteiger partial charge in [-0.25, -0.2) is 0 Å². The maximum Gasteiger partial charge on any atom is 0.294 e. The number of benzene rings is 1. The maximum absolute atomic E-state index is 12.7. The minimum absolute atomic E-state index is 0.166. The van der Waals surface area contributed by atoms with Crippen molar-refractivity contribution in [3.63, 3.8) is 0 Å². The lowest BCUT2D eigenvalue weighted by Crippen LogP contribution is -2.42. The highest BCUT2D eigenvalue weighted by Crippen LogP contribution is 2.34. The zero-order valence-corrected chi connectivity index (χ0v) is 19.0. The summed E-state index contributed by atoms with van der Waals surface area (Å²) in [5.41, 5.74) is 1.19. The summed E-state index contributed by atoms with van der Waals surface area (Å²) in [6, 6.07) is 11.7. The van der Waals surface area contributed by atoms with Crippen molar-refractivity contribution in [2.75, 3.05) is 19.6 Å². The molecule has 0 saturated carbocycles. The number of likely N-dealkylation sites (tertiary alicyclic amines) is 1. The van der Waals surface area contributed by atoms with Crippen LogP contribution in [0.25, 0.3) is 6.08 Å². The largest absolute Gasteiger partial charge is 0.450 e. The van der Waals surface area contributed by atoms with Gasteiger partial charge in [-0.2, -0.15) is 0 Å². The molecule has 0 N–H and O–H groups in total. The Morgan fingerprint density at radius 3 is 2.48 bits per heavy atom. The zero-order valence-electron chi connectivity index (χ0n) is 17.3. The molecular weight excluding hydrogens is 432 g/mol. The average molecular weight is 457 g/mol. The first-order valence-electron chi connectivity index (χ1n) is 10.4. The van der Waals surface area contributed by atoms with Crippen LogP contribution in [0.4, 0.5) is 4.79 Å². The quantitative estimate of drug-likeness (QED) is 0.578. The molecule has 0 bridgehead atoms. The van der Waals surface area contributed by atoms with Gasteiger partial charge in [0, 0.05) is 24.1 Å². The minimum atomic E-state index is -0.442. The van der Waals surface area contributed by atoms with E-state index in [1.54, 1.807) is 17.0 Å². The molecule has 0 aliphatic carbocycles. The van der Waals surface area contributed by atoms with Gasteiger partial charge in [0.15, 0.2) is 5.09 Å². The van der Waals surface area contributed by atoms with Crippen LogP contribution in [0.3, 0.4) is 0 Å². The van der Waals surface area contributed by atoms with Crippen molar-refractivity contribution in [3.8, 4) is 0 Å². The van der Waals surface area contributed by atoms with Crippen LogP contribution in [0.15, 0.2) is 55.7 Å². The van der Waals surface area contributed by atoms with Crippen molar-refractivity contribution in [3.05, 3.63) is 52.6 Å². The predicted molar refractivity (Wildman–Crippen MR) is 122 cm³/mol. The van der Waals surface area contributed by atoms with Crippen molar-refractivity contribution in [2.45, 2.75) is 42.6 Å². The van der Waals surface area contributed by atoms with E-state index >= 15 is 0 Å². The van der Waals surface area contributed by atoms with E-state index in [4.69, 9.17) is 4.42 Å². The first-order valence-corrected chi connectivity index (χ1v) is 12.0. The molecule has 0 atom stereocenters. The van der Waals surface area contributed by atoms with Crippen molar-refractivity contribution in [1.29, 1.82) is 0 Å². The Morgan fingerprint density at radius 2 is 1.77 bits per heavy atom. The standard InChI is InChI=1S/C23H24N2O4S2/c1-16-6-9-18(10-7-16)30-21-11-8-17(29-21)14-19-22(27)25(23(28)31-19)15-20(26)24-12-4-2-3-5-13-24/h6-11,14H,2-5,12-13,15H2,1H3.